The summed E-state index contributed by atoms with van der Waals surface area (Å²) >= 11 is 0. The summed E-state index contributed by atoms with van der Waals surface area (Å²) in [7, 11) is 3.63. The summed E-state index contributed by atoms with van der Waals surface area (Å²) in [5, 5.41) is 0.918. The van der Waals surface area contributed by atoms with E-state index in [0.29, 0.717) is 24.6 Å². The number of likely N-dealkylation sites (N-methyl/N-ethyl adjacent to an activating group) is 1. The Morgan fingerprint density at radius 1 is 0.975 bits per heavy atom. The van der Waals surface area contributed by atoms with Crippen molar-refractivity contribution in [3.63, 3.8) is 0 Å². The molecule has 1 N–H and O–H groups in total. The number of piperazine rings is 1. The van der Waals surface area contributed by atoms with Gasteiger partial charge >= 0.3 is 0 Å². The molecule has 0 spiro atoms. The molecule has 0 bridgehead atoms. The van der Waals surface area contributed by atoms with E-state index >= 15 is 0 Å². The number of aryl methyl sites for hydroxylation is 1. The van der Waals surface area contributed by atoms with Crippen LogP contribution in [0.4, 0.5) is 5.82 Å². The molecule has 9 heteroatoms. The molecule has 5 heterocycles. The molecule has 1 amide bonds. The molecule has 4 aromatic rings. The minimum atomic E-state index is -0.0293. The van der Waals surface area contributed by atoms with Gasteiger partial charge in [-0.2, -0.15) is 0 Å². The van der Waals surface area contributed by atoms with Crippen LogP contribution in [0, 0.1) is 0 Å². The Bertz CT molecular complexity index is 1530. The van der Waals surface area contributed by atoms with Crippen molar-refractivity contribution in [1.29, 1.82) is 0 Å². The normalized spacial score (nSPS) is 17.1. The Balaban J connectivity index is 1.02. The van der Waals surface area contributed by atoms with Gasteiger partial charge in [0.05, 0.1) is 6.54 Å². The number of rotatable bonds is 7. The van der Waals surface area contributed by atoms with Crippen molar-refractivity contribution < 1.29 is 9.53 Å². The lowest BCUT2D eigenvalue weighted by atomic mass is 9.89. The molecule has 9 nitrogen and oxygen atoms in total. The molecule has 2 saturated heterocycles. The van der Waals surface area contributed by atoms with Crippen LogP contribution in [0.15, 0.2) is 65.8 Å². The Morgan fingerprint density at radius 2 is 1.77 bits per heavy atom. The Kier molecular flexibility index (Phi) is 7.30. The highest BCUT2D eigenvalue weighted by Gasteiger charge is 2.23. The Labute approximate surface area is 234 Å². The van der Waals surface area contributed by atoms with Gasteiger partial charge < -0.3 is 24.1 Å². The third-order valence-corrected chi connectivity index (χ3v) is 8.34. The first kappa shape index (κ1) is 26.1. The van der Waals surface area contributed by atoms with Crippen LogP contribution in [0.2, 0.25) is 0 Å². The molecule has 6 rings (SSSR count). The molecule has 40 heavy (non-hydrogen) atoms. The Hall–Kier alpha value is -4.11. The molecule has 2 fully saturated rings. The molecule has 2 aliphatic rings. The summed E-state index contributed by atoms with van der Waals surface area (Å²) in [6.07, 6.45) is 7.75. The minimum Gasteiger partial charge on any atom is -0.492 e. The summed E-state index contributed by atoms with van der Waals surface area (Å²) in [6.45, 7) is 5.41. The summed E-state index contributed by atoms with van der Waals surface area (Å²) in [4.78, 5) is 38.4. The van der Waals surface area contributed by atoms with E-state index in [1.807, 2.05) is 31.7 Å². The van der Waals surface area contributed by atoms with Crippen LogP contribution in [0.25, 0.3) is 22.0 Å². The second-order valence-electron chi connectivity index (χ2n) is 10.9. The fraction of sp³-hybridized carbons (Fsp3) is 0.387. The number of carbonyl (C=O) groups excluding carboxylic acids is 1. The molecule has 3 aromatic heterocycles. The predicted octanol–water partition coefficient (Wildman–Crippen LogP) is 3.47. The number of hydrogen-bond donors (Lipinski definition) is 1. The molecule has 208 valence electrons. The number of H-pyrrole nitrogens is 1. The van der Waals surface area contributed by atoms with Crippen molar-refractivity contribution in [2.45, 2.75) is 18.8 Å². The highest BCUT2D eigenvalue weighted by atomic mass is 16.5. The third-order valence-electron chi connectivity index (χ3n) is 8.34. The fourth-order valence-electron chi connectivity index (χ4n) is 5.80. The fourth-order valence-corrected chi connectivity index (χ4v) is 5.80. The number of aromatic amines is 1. The smallest absolute Gasteiger partial charge is 0.274 e. The minimum absolute atomic E-state index is 0.0293. The third kappa shape index (κ3) is 5.34. The van der Waals surface area contributed by atoms with Crippen LogP contribution in [-0.2, 0) is 11.8 Å². The van der Waals surface area contributed by atoms with E-state index in [1.165, 1.54) is 5.56 Å². The van der Waals surface area contributed by atoms with Crippen LogP contribution in [0.1, 0.15) is 24.3 Å². The zero-order chi connectivity index (χ0) is 27.6. The van der Waals surface area contributed by atoms with Gasteiger partial charge in [-0.05, 0) is 54.7 Å². The van der Waals surface area contributed by atoms with Crippen molar-refractivity contribution in [2.75, 3.05) is 57.8 Å². The molecule has 0 saturated carbocycles. The van der Waals surface area contributed by atoms with Gasteiger partial charge in [0.25, 0.3) is 5.56 Å². The van der Waals surface area contributed by atoms with Gasteiger partial charge in [-0.1, -0.05) is 12.1 Å². The van der Waals surface area contributed by atoms with E-state index in [1.54, 1.807) is 16.5 Å². The first-order valence-corrected chi connectivity index (χ1v) is 14.0. The average Bonchev–Trinajstić information content (AvgIpc) is 3.48. The molecular weight excluding hydrogens is 504 g/mol. The molecule has 1 aromatic carbocycles. The van der Waals surface area contributed by atoms with Gasteiger partial charge in [0.15, 0.2) is 0 Å². The maximum absolute atomic E-state index is 12.4. The largest absolute Gasteiger partial charge is 0.492 e. The van der Waals surface area contributed by atoms with Gasteiger partial charge in [-0.3, -0.25) is 14.5 Å². The van der Waals surface area contributed by atoms with Gasteiger partial charge in [0.1, 0.15) is 23.7 Å². The molecule has 2 aliphatic heterocycles. The van der Waals surface area contributed by atoms with Crippen molar-refractivity contribution >= 4 is 22.6 Å². The second-order valence-corrected chi connectivity index (χ2v) is 10.9. The summed E-state index contributed by atoms with van der Waals surface area (Å²) in [6, 6.07) is 14.6. The van der Waals surface area contributed by atoms with E-state index in [9.17, 15) is 9.59 Å². The monoisotopic (exact) mass is 540 g/mol. The van der Waals surface area contributed by atoms with Crippen molar-refractivity contribution in [3.8, 4) is 16.9 Å². The van der Waals surface area contributed by atoms with Crippen molar-refractivity contribution in [1.82, 2.24) is 24.3 Å². The number of hydrogen-bond acceptors (Lipinski definition) is 6. The number of carbonyl (C=O) groups is 1. The quantitative estimate of drug-likeness (QED) is 0.386. The molecule has 0 radical (unpaired) electrons. The number of nitrogens with zero attached hydrogens (tertiary/aromatic N) is 5. The number of fused-ring (bicyclic) bond motifs is 1. The molecular formula is C31H36N6O3. The first-order valence-electron chi connectivity index (χ1n) is 14.0. The standard InChI is InChI=1S/C31H36N6O3/c1-34-15-16-36(21-29(34)38)17-18-40-25-6-3-22(4-7-25)23-10-13-37(14-11-23)28-8-5-24(19-33-28)27-20-35(2)31(39)30-26(27)9-12-32-30/h3-9,12,19-20,23,32H,10-11,13-18,21H2,1-2H3. The maximum Gasteiger partial charge on any atom is 0.274 e. The van der Waals surface area contributed by atoms with Crippen LogP contribution in [-0.4, -0.2) is 83.2 Å². The summed E-state index contributed by atoms with van der Waals surface area (Å²) in [5.74, 6) is 2.56. The van der Waals surface area contributed by atoms with E-state index in [4.69, 9.17) is 9.72 Å². The first-order chi connectivity index (χ1) is 19.5. The number of ether oxygens (including phenoxy) is 1. The van der Waals surface area contributed by atoms with Crippen molar-refractivity contribution in [3.05, 3.63) is 77.0 Å². The van der Waals surface area contributed by atoms with Crippen LogP contribution in [0.5, 0.6) is 5.75 Å². The van der Waals surface area contributed by atoms with E-state index in [0.717, 1.165) is 73.6 Å². The number of anilines is 1. The maximum atomic E-state index is 12.4. The second kappa shape index (κ2) is 11.2. The van der Waals surface area contributed by atoms with Gasteiger partial charge in [0.2, 0.25) is 5.91 Å². The number of aromatic nitrogens is 3. The van der Waals surface area contributed by atoms with Gasteiger partial charge in [-0.15, -0.1) is 0 Å². The van der Waals surface area contributed by atoms with Crippen LogP contribution in [0.3, 0.4) is 0 Å². The molecule has 0 unspecified atom stereocenters. The highest BCUT2D eigenvalue weighted by Crippen LogP contribution is 2.32. The van der Waals surface area contributed by atoms with Gasteiger partial charge in [0, 0.05) is 81.9 Å². The lowest BCUT2D eigenvalue weighted by Crippen LogP contribution is -2.49. The topological polar surface area (TPSA) is 86.7 Å². The van der Waals surface area contributed by atoms with E-state index in [-0.39, 0.29) is 11.5 Å². The van der Waals surface area contributed by atoms with Crippen LogP contribution < -0.4 is 15.2 Å². The van der Waals surface area contributed by atoms with Crippen molar-refractivity contribution in [2.24, 2.45) is 7.05 Å². The number of piperidine rings is 1. The SMILES string of the molecule is CN1CCN(CCOc2ccc(C3CCN(c4ccc(-c5cn(C)c(=O)c6[nH]ccc56)cn4)CC3)cc2)CC1=O. The van der Waals surface area contributed by atoms with E-state index < -0.39 is 0 Å². The lowest BCUT2D eigenvalue weighted by molar-refractivity contribution is -0.134. The predicted molar refractivity (Wildman–Crippen MR) is 157 cm³/mol. The highest BCUT2D eigenvalue weighted by molar-refractivity contribution is 5.94. The summed E-state index contributed by atoms with van der Waals surface area (Å²) in [5.41, 5.74) is 3.94. The number of pyridine rings is 2. The van der Waals surface area contributed by atoms with Crippen LogP contribution >= 0.6 is 0 Å². The average molecular weight is 541 g/mol. The number of nitrogens with one attached hydrogen (secondary N) is 1. The number of benzene rings is 1. The molecule has 0 atom stereocenters. The number of amides is 1. The van der Waals surface area contributed by atoms with Gasteiger partial charge in [-0.25, -0.2) is 4.98 Å². The lowest BCUT2D eigenvalue weighted by Gasteiger charge is -2.33. The zero-order valence-electron chi connectivity index (χ0n) is 23.2. The molecule has 0 aliphatic carbocycles. The van der Waals surface area contributed by atoms with E-state index in [2.05, 4.69) is 51.2 Å². The Morgan fingerprint density at radius 3 is 2.50 bits per heavy atom. The summed E-state index contributed by atoms with van der Waals surface area (Å²) < 4.78 is 7.57. The zero-order valence-corrected chi connectivity index (χ0v) is 23.2.